The van der Waals surface area contributed by atoms with Gasteiger partial charge in [0.15, 0.2) is 0 Å². The van der Waals surface area contributed by atoms with Crippen LogP contribution in [0, 0.1) is 0 Å². The van der Waals surface area contributed by atoms with Gasteiger partial charge in [0.2, 0.25) is 11.8 Å². The van der Waals surface area contributed by atoms with Crippen LogP contribution in [-0.2, 0) is 19.2 Å². The molecule has 8 heteroatoms. The van der Waals surface area contributed by atoms with Gasteiger partial charge in [-0.15, -0.1) is 0 Å². The molecule has 0 saturated heterocycles. The monoisotopic (exact) mass is 394 g/mol. The molecule has 0 fully saturated rings. The molecule has 0 heterocycles. The van der Waals surface area contributed by atoms with Crippen LogP contribution < -0.4 is 21.3 Å². The maximum absolute atomic E-state index is 12.0. The normalized spacial score (nSPS) is 11.1. The molecule has 0 aliphatic heterocycles. The molecule has 0 atom stereocenters. The van der Waals surface area contributed by atoms with Crippen molar-refractivity contribution < 1.29 is 19.2 Å². The predicted octanol–water partition coefficient (Wildman–Crippen LogP) is 0.941. The van der Waals surface area contributed by atoms with Gasteiger partial charge in [-0.2, -0.15) is 0 Å². The molecule has 0 aromatic rings. The number of carbonyl (C=O) groups excluding carboxylic acids is 4. The molecule has 0 rings (SSSR count). The number of hydrogen-bond acceptors (Lipinski definition) is 4. The van der Waals surface area contributed by atoms with Crippen molar-refractivity contribution in [1.29, 1.82) is 0 Å². The van der Waals surface area contributed by atoms with Crippen molar-refractivity contribution in [2.45, 2.75) is 64.5 Å². The van der Waals surface area contributed by atoms with E-state index in [0.717, 1.165) is 0 Å². The lowest BCUT2D eigenvalue weighted by molar-refractivity contribution is -0.140. The van der Waals surface area contributed by atoms with E-state index in [1.54, 1.807) is 0 Å². The van der Waals surface area contributed by atoms with Crippen molar-refractivity contribution in [3.63, 3.8) is 0 Å². The van der Waals surface area contributed by atoms with Crippen molar-refractivity contribution in [3.05, 3.63) is 25.3 Å². The second-order valence-corrected chi connectivity index (χ2v) is 7.87. The van der Waals surface area contributed by atoms with E-state index in [0.29, 0.717) is 38.8 Å². The number of hydrogen-bond donors (Lipinski definition) is 4. The fraction of sp³-hybridized carbons (Fsp3) is 0.600. The van der Waals surface area contributed by atoms with Gasteiger partial charge in [0.1, 0.15) is 0 Å². The second kappa shape index (κ2) is 11.9. The van der Waals surface area contributed by atoms with Gasteiger partial charge in [-0.1, -0.05) is 13.2 Å². The molecule has 0 aliphatic rings. The molecular formula is C20H34N4O4. The Morgan fingerprint density at radius 1 is 0.714 bits per heavy atom. The van der Waals surface area contributed by atoms with Crippen LogP contribution >= 0.6 is 0 Å². The van der Waals surface area contributed by atoms with Crippen molar-refractivity contribution in [2.75, 3.05) is 13.1 Å². The summed E-state index contributed by atoms with van der Waals surface area (Å²) in [6, 6.07) is 0. The molecule has 0 saturated carbocycles. The zero-order valence-corrected chi connectivity index (χ0v) is 17.4. The summed E-state index contributed by atoms with van der Waals surface area (Å²) in [4.78, 5) is 46.4. The van der Waals surface area contributed by atoms with E-state index in [-0.39, 0.29) is 11.8 Å². The van der Waals surface area contributed by atoms with Gasteiger partial charge in [-0.25, -0.2) is 0 Å². The van der Waals surface area contributed by atoms with E-state index in [1.165, 1.54) is 12.2 Å². The Morgan fingerprint density at radius 2 is 1.18 bits per heavy atom. The first-order chi connectivity index (χ1) is 12.9. The molecule has 0 aromatic heterocycles. The SMILES string of the molecule is C=CC(=O)NCCCC(C)(C)NC(=O)C(=O)NCCCC(C)(C)NC(=O)C=C. The van der Waals surface area contributed by atoms with Crippen molar-refractivity contribution in [3.8, 4) is 0 Å². The van der Waals surface area contributed by atoms with E-state index in [4.69, 9.17) is 0 Å². The molecule has 4 amide bonds. The largest absolute Gasteiger partial charge is 0.353 e. The quantitative estimate of drug-likeness (QED) is 0.224. The fourth-order valence-electron chi connectivity index (χ4n) is 2.50. The van der Waals surface area contributed by atoms with Gasteiger partial charge in [-0.3, -0.25) is 19.2 Å². The minimum absolute atomic E-state index is 0.242. The average Bonchev–Trinajstić information content (AvgIpc) is 2.60. The second-order valence-electron chi connectivity index (χ2n) is 7.87. The Bertz CT molecular complexity index is 597. The first-order valence-electron chi connectivity index (χ1n) is 9.37. The fourth-order valence-corrected chi connectivity index (χ4v) is 2.50. The van der Waals surface area contributed by atoms with Gasteiger partial charge >= 0.3 is 11.8 Å². The molecule has 0 radical (unpaired) electrons. The van der Waals surface area contributed by atoms with Gasteiger partial charge in [0, 0.05) is 24.2 Å². The van der Waals surface area contributed by atoms with Crippen LogP contribution in [0.3, 0.4) is 0 Å². The zero-order valence-electron chi connectivity index (χ0n) is 17.4. The third kappa shape index (κ3) is 11.9. The first kappa shape index (κ1) is 25.4. The summed E-state index contributed by atoms with van der Waals surface area (Å²) in [7, 11) is 0. The number of rotatable bonds is 12. The smallest absolute Gasteiger partial charge is 0.309 e. The van der Waals surface area contributed by atoms with Crippen LogP contribution in [0.2, 0.25) is 0 Å². The number of nitrogens with one attached hydrogen (secondary N) is 4. The summed E-state index contributed by atoms with van der Waals surface area (Å²) in [5, 5.41) is 10.7. The predicted molar refractivity (Wildman–Crippen MR) is 109 cm³/mol. The van der Waals surface area contributed by atoms with E-state index in [2.05, 4.69) is 34.4 Å². The van der Waals surface area contributed by atoms with Gasteiger partial charge in [0.25, 0.3) is 0 Å². The molecule has 4 N–H and O–H groups in total. The highest BCUT2D eigenvalue weighted by Gasteiger charge is 2.24. The highest BCUT2D eigenvalue weighted by atomic mass is 16.2. The van der Waals surface area contributed by atoms with Crippen LogP contribution in [0.5, 0.6) is 0 Å². The lowest BCUT2D eigenvalue weighted by Gasteiger charge is -2.26. The number of amides is 4. The van der Waals surface area contributed by atoms with Crippen LogP contribution in [0.1, 0.15) is 53.4 Å². The Balaban J connectivity index is 4.18. The summed E-state index contributed by atoms with van der Waals surface area (Å²) >= 11 is 0. The molecule has 0 aliphatic carbocycles. The topological polar surface area (TPSA) is 116 Å². The van der Waals surface area contributed by atoms with Crippen molar-refractivity contribution in [2.24, 2.45) is 0 Å². The Hall–Kier alpha value is -2.64. The zero-order chi connectivity index (χ0) is 21.8. The summed E-state index contributed by atoms with van der Waals surface area (Å²) in [6.45, 7) is 15.0. The molecule has 8 nitrogen and oxygen atoms in total. The van der Waals surface area contributed by atoms with E-state index in [9.17, 15) is 19.2 Å². The van der Waals surface area contributed by atoms with E-state index >= 15 is 0 Å². The van der Waals surface area contributed by atoms with Crippen molar-refractivity contribution >= 4 is 23.6 Å². The molecule has 0 spiro atoms. The first-order valence-corrected chi connectivity index (χ1v) is 9.37. The van der Waals surface area contributed by atoms with Gasteiger partial charge in [0.05, 0.1) is 0 Å². The molecular weight excluding hydrogens is 360 g/mol. The Morgan fingerprint density at radius 3 is 1.68 bits per heavy atom. The van der Waals surface area contributed by atoms with Crippen LogP contribution in [0.15, 0.2) is 25.3 Å². The summed E-state index contributed by atoms with van der Waals surface area (Å²) < 4.78 is 0. The maximum Gasteiger partial charge on any atom is 0.309 e. The Kier molecular flexibility index (Phi) is 10.8. The van der Waals surface area contributed by atoms with Gasteiger partial charge < -0.3 is 21.3 Å². The van der Waals surface area contributed by atoms with E-state index in [1.807, 2.05) is 27.7 Å². The minimum Gasteiger partial charge on any atom is -0.353 e. The highest BCUT2D eigenvalue weighted by Crippen LogP contribution is 2.11. The summed E-state index contributed by atoms with van der Waals surface area (Å²) in [6.07, 6.45) is 4.90. The molecule has 158 valence electrons. The van der Waals surface area contributed by atoms with Crippen LogP contribution in [0.4, 0.5) is 0 Å². The molecule has 0 aromatic carbocycles. The van der Waals surface area contributed by atoms with Gasteiger partial charge in [-0.05, 0) is 65.5 Å². The lowest BCUT2D eigenvalue weighted by Crippen LogP contribution is -2.50. The maximum atomic E-state index is 12.0. The lowest BCUT2D eigenvalue weighted by atomic mass is 9.98. The van der Waals surface area contributed by atoms with Crippen LogP contribution in [0.25, 0.3) is 0 Å². The molecule has 0 bridgehead atoms. The summed E-state index contributed by atoms with van der Waals surface area (Å²) in [5.74, 6) is -1.88. The molecule has 0 unspecified atom stereocenters. The van der Waals surface area contributed by atoms with Crippen molar-refractivity contribution in [1.82, 2.24) is 21.3 Å². The third-order valence-electron chi connectivity index (χ3n) is 4.03. The highest BCUT2D eigenvalue weighted by molar-refractivity contribution is 6.35. The average molecular weight is 395 g/mol. The molecule has 28 heavy (non-hydrogen) atoms. The van der Waals surface area contributed by atoms with Crippen LogP contribution in [-0.4, -0.2) is 47.8 Å². The third-order valence-corrected chi connectivity index (χ3v) is 4.03. The Labute approximate surface area is 167 Å². The standard InChI is InChI=1S/C20H34N4O4/c1-7-15(25)21-13-9-12-20(5,6)24-18(28)17(27)22-14-10-11-19(3,4)23-16(26)8-2/h7-8H,1-2,9-14H2,3-6H3,(H,21,25)(H,22,27)(H,23,26)(H,24,28). The minimum atomic E-state index is -0.695. The number of carbonyl (C=O) groups is 4. The summed E-state index contributed by atoms with van der Waals surface area (Å²) in [5.41, 5.74) is -1.01. The van der Waals surface area contributed by atoms with E-state index < -0.39 is 22.9 Å².